The molecule has 0 fully saturated rings. The van der Waals surface area contributed by atoms with Crippen molar-refractivity contribution in [1.29, 1.82) is 0 Å². The summed E-state index contributed by atoms with van der Waals surface area (Å²) in [5.41, 5.74) is 0.973. The number of alkyl halides is 3. The van der Waals surface area contributed by atoms with Crippen LogP contribution in [-0.2, 0) is 6.18 Å². The van der Waals surface area contributed by atoms with Gasteiger partial charge in [-0.25, -0.2) is 9.97 Å². The standard InChI is InChI=1S/C17H11BrF3N3/c1-10-5-6-12(9-22-10)14-8-15(17(19,20)21)24-16(23-14)11-3-2-4-13(18)7-11/h2-9H,1H3. The van der Waals surface area contributed by atoms with Gasteiger partial charge in [-0.15, -0.1) is 0 Å². The third-order valence-electron chi connectivity index (χ3n) is 3.31. The number of hydrogen-bond donors (Lipinski definition) is 0. The van der Waals surface area contributed by atoms with Gasteiger partial charge in [-0.2, -0.15) is 13.2 Å². The highest BCUT2D eigenvalue weighted by Gasteiger charge is 2.34. The van der Waals surface area contributed by atoms with Crippen molar-refractivity contribution in [2.24, 2.45) is 0 Å². The zero-order chi connectivity index (χ0) is 17.3. The van der Waals surface area contributed by atoms with E-state index in [2.05, 4.69) is 30.9 Å². The molecule has 3 aromatic rings. The molecule has 122 valence electrons. The number of hydrogen-bond acceptors (Lipinski definition) is 3. The Morgan fingerprint density at radius 3 is 2.38 bits per heavy atom. The minimum Gasteiger partial charge on any atom is -0.261 e. The molecule has 0 bridgehead atoms. The molecule has 1 aromatic carbocycles. The number of benzene rings is 1. The van der Waals surface area contributed by atoms with Gasteiger partial charge in [0.05, 0.1) is 5.69 Å². The normalized spacial score (nSPS) is 11.5. The van der Waals surface area contributed by atoms with E-state index in [0.717, 1.165) is 16.2 Å². The molecule has 0 aliphatic rings. The Morgan fingerprint density at radius 1 is 0.958 bits per heavy atom. The fraction of sp³-hybridized carbons (Fsp3) is 0.118. The molecule has 2 aromatic heterocycles. The highest BCUT2D eigenvalue weighted by molar-refractivity contribution is 9.10. The first-order valence-electron chi connectivity index (χ1n) is 6.98. The minimum atomic E-state index is -4.56. The molecule has 2 heterocycles. The van der Waals surface area contributed by atoms with Gasteiger partial charge in [0.1, 0.15) is 5.69 Å². The topological polar surface area (TPSA) is 38.7 Å². The van der Waals surface area contributed by atoms with E-state index in [0.29, 0.717) is 11.1 Å². The molecule has 0 aliphatic heterocycles. The number of aromatic nitrogens is 3. The predicted octanol–water partition coefficient (Wildman–Crippen LogP) is 5.30. The van der Waals surface area contributed by atoms with Gasteiger partial charge >= 0.3 is 6.18 Å². The molecule has 0 saturated carbocycles. The second kappa shape index (κ2) is 6.32. The first-order valence-corrected chi connectivity index (χ1v) is 7.77. The minimum absolute atomic E-state index is 0.0155. The quantitative estimate of drug-likeness (QED) is 0.593. The number of nitrogens with zero attached hydrogens (tertiary/aromatic N) is 3. The summed E-state index contributed by atoms with van der Waals surface area (Å²) in [7, 11) is 0. The van der Waals surface area contributed by atoms with Gasteiger partial charge in [-0.05, 0) is 37.3 Å². The summed E-state index contributed by atoms with van der Waals surface area (Å²) in [4.78, 5) is 12.1. The summed E-state index contributed by atoms with van der Waals surface area (Å²) in [5.74, 6) is 0.0155. The lowest BCUT2D eigenvalue weighted by molar-refractivity contribution is -0.141. The lowest BCUT2D eigenvalue weighted by atomic mass is 10.1. The highest BCUT2D eigenvalue weighted by atomic mass is 79.9. The van der Waals surface area contributed by atoms with Gasteiger partial charge in [0.2, 0.25) is 0 Å². The Balaban J connectivity index is 2.19. The SMILES string of the molecule is Cc1ccc(-c2cc(C(F)(F)F)nc(-c3cccc(Br)c3)n2)cn1. The van der Waals surface area contributed by atoms with Crippen LogP contribution in [0.2, 0.25) is 0 Å². The average molecular weight is 394 g/mol. The number of rotatable bonds is 2. The molecule has 3 nitrogen and oxygen atoms in total. The molecule has 0 radical (unpaired) electrons. The van der Waals surface area contributed by atoms with Crippen LogP contribution >= 0.6 is 15.9 Å². The van der Waals surface area contributed by atoms with Crippen LogP contribution in [0.5, 0.6) is 0 Å². The maximum atomic E-state index is 13.2. The Bertz CT molecular complexity index is 877. The van der Waals surface area contributed by atoms with Gasteiger partial charge in [0.25, 0.3) is 0 Å². The number of halogens is 4. The van der Waals surface area contributed by atoms with Crippen molar-refractivity contribution in [1.82, 2.24) is 15.0 Å². The van der Waals surface area contributed by atoms with Gasteiger partial charge < -0.3 is 0 Å². The van der Waals surface area contributed by atoms with Gasteiger partial charge in [0, 0.05) is 27.5 Å². The van der Waals surface area contributed by atoms with Crippen molar-refractivity contribution in [3.05, 3.63) is 64.5 Å². The van der Waals surface area contributed by atoms with Gasteiger partial charge in [-0.1, -0.05) is 28.1 Å². The summed E-state index contributed by atoms with van der Waals surface area (Å²) in [5, 5.41) is 0. The summed E-state index contributed by atoms with van der Waals surface area (Å²) in [6.07, 6.45) is -3.06. The monoisotopic (exact) mass is 393 g/mol. The predicted molar refractivity (Wildman–Crippen MR) is 88.1 cm³/mol. The van der Waals surface area contributed by atoms with E-state index in [1.807, 2.05) is 0 Å². The molecular weight excluding hydrogens is 383 g/mol. The molecule has 0 aliphatic carbocycles. The van der Waals surface area contributed by atoms with Crippen LogP contribution < -0.4 is 0 Å². The molecule has 0 saturated heterocycles. The van der Waals surface area contributed by atoms with E-state index in [1.54, 1.807) is 43.3 Å². The molecule has 0 spiro atoms. The lowest BCUT2D eigenvalue weighted by Crippen LogP contribution is -2.10. The van der Waals surface area contributed by atoms with Crippen molar-refractivity contribution in [2.75, 3.05) is 0 Å². The Labute approximate surface area is 144 Å². The molecule has 24 heavy (non-hydrogen) atoms. The molecule has 3 rings (SSSR count). The summed E-state index contributed by atoms with van der Waals surface area (Å²) in [6, 6.07) is 11.2. The number of pyridine rings is 1. The third-order valence-corrected chi connectivity index (χ3v) is 3.80. The van der Waals surface area contributed by atoms with Crippen LogP contribution in [0, 0.1) is 6.92 Å². The van der Waals surface area contributed by atoms with Crippen molar-refractivity contribution in [3.8, 4) is 22.6 Å². The first-order chi connectivity index (χ1) is 11.3. The zero-order valence-electron chi connectivity index (χ0n) is 12.5. The first kappa shape index (κ1) is 16.6. The van der Waals surface area contributed by atoms with Gasteiger partial charge in [-0.3, -0.25) is 4.98 Å². The van der Waals surface area contributed by atoms with E-state index in [4.69, 9.17) is 0 Å². The molecule has 0 amide bonds. The van der Waals surface area contributed by atoms with Crippen LogP contribution in [-0.4, -0.2) is 15.0 Å². The summed E-state index contributed by atoms with van der Waals surface area (Å²) >= 11 is 3.30. The Morgan fingerprint density at radius 2 is 1.75 bits per heavy atom. The summed E-state index contributed by atoms with van der Waals surface area (Å²) < 4.78 is 40.4. The van der Waals surface area contributed by atoms with Gasteiger partial charge in [0.15, 0.2) is 5.82 Å². The fourth-order valence-corrected chi connectivity index (χ4v) is 2.52. The highest BCUT2D eigenvalue weighted by Crippen LogP contribution is 2.32. The van der Waals surface area contributed by atoms with Crippen molar-refractivity contribution >= 4 is 15.9 Å². The van der Waals surface area contributed by atoms with Crippen molar-refractivity contribution in [2.45, 2.75) is 13.1 Å². The van der Waals surface area contributed by atoms with E-state index < -0.39 is 11.9 Å². The van der Waals surface area contributed by atoms with E-state index in [9.17, 15) is 13.2 Å². The second-order valence-electron chi connectivity index (χ2n) is 5.16. The van der Waals surface area contributed by atoms with Crippen molar-refractivity contribution < 1.29 is 13.2 Å². The van der Waals surface area contributed by atoms with Crippen LogP contribution in [0.25, 0.3) is 22.6 Å². The Hall–Kier alpha value is -2.28. The molecule has 0 atom stereocenters. The largest absolute Gasteiger partial charge is 0.433 e. The van der Waals surface area contributed by atoms with E-state index in [1.165, 1.54) is 6.20 Å². The molecular formula is C17H11BrF3N3. The number of aryl methyl sites for hydroxylation is 1. The van der Waals surface area contributed by atoms with Crippen molar-refractivity contribution in [3.63, 3.8) is 0 Å². The van der Waals surface area contributed by atoms with Crippen LogP contribution in [0.4, 0.5) is 13.2 Å². The third kappa shape index (κ3) is 3.62. The molecule has 0 unspecified atom stereocenters. The van der Waals surface area contributed by atoms with Crippen LogP contribution in [0.3, 0.4) is 0 Å². The smallest absolute Gasteiger partial charge is 0.261 e. The maximum Gasteiger partial charge on any atom is 0.433 e. The molecule has 0 N–H and O–H groups in total. The summed E-state index contributed by atoms with van der Waals surface area (Å²) in [6.45, 7) is 1.80. The van der Waals surface area contributed by atoms with E-state index in [-0.39, 0.29) is 11.5 Å². The molecule has 7 heteroatoms. The van der Waals surface area contributed by atoms with Crippen LogP contribution in [0.15, 0.2) is 53.1 Å². The second-order valence-corrected chi connectivity index (χ2v) is 6.07. The fourth-order valence-electron chi connectivity index (χ4n) is 2.12. The Kier molecular flexibility index (Phi) is 4.36. The maximum absolute atomic E-state index is 13.2. The van der Waals surface area contributed by atoms with Crippen LogP contribution in [0.1, 0.15) is 11.4 Å². The lowest BCUT2D eigenvalue weighted by Gasteiger charge is -2.11. The average Bonchev–Trinajstić information content (AvgIpc) is 2.54. The van der Waals surface area contributed by atoms with E-state index >= 15 is 0 Å². The zero-order valence-corrected chi connectivity index (χ0v) is 14.1.